The molecular formula is C27H32N2O7. The molecule has 2 heterocycles. The maximum absolute atomic E-state index is 13.4. The number of hydrogen-bond acceptors (Lipinski definition) is 8. The summed E-state index contributed by atoms with van der Waals surface area (Å²) in [6.07, 6.45) is 0. The van der Waals surface area contributed by atoms with Crippen molar-refractivity contribution >= 4 is 17.4 Å². The molecule has 2 aliphatic rings. The second-order valence-electron chi connectivity index (χ2n) is 8.52. The number of rotatable bonds is 9. The summed E-state index contributed by atoms with van der Waals surface area (Å²) in [4.78, 5) is 30.4. The number of carbonyl (C=O) groups is 2. The molecule has 1 N–H and O–H groups in total. The van der Waals surface area contributed by atoms with Crippen molar-refractivity contribution in [3.05, 3.63) is 59.2 Å². The lowest BCUT2D eigenvalue weighted by molar-refractivity contribution is -0.140. The molecule has 2 saturated heterocycles. The van der Waals surface area contributed by atoms with Crippen LogP contribution in [0.5, 0.6) is 17.2 Å². The number of ether oxygens (including phenoxy) is 4. The van der Waals surface area contributed by atoms with Crippen molar-refractivity contribution in [2.45, 2.75) is 13.0 Å². The molecule has 0 radical (unpaired) electrons. The first kappa shape index (κ1) is 25.5. The topological polar surface area (TPSA) is 97.8 Å². The van der Waals surface area contributed by atoms with Crippen LogP contribution in [0.1, 0.15) is 24.1 Å². The van der Waals surface area contributed by atoms with Crippen LogP contribution in [-0.4, -0.2) is 86.8 Å². The van der Waals surface area contributed by atoms with E-state index in [0.717, 1.165) is 13.1 Å². The Kier molecular flexibility index (Phi) is 8.12. The number of carbonyl (C=O) groups excluding carboxylic acids is 2. The monoisotopic (exact) mass is 496 g/mol. The summed E-state index contributed by atoms with van der Waals surface area (Å²) in [5, 5.41) is 11.4. The molecule has 2 aromatic rings. The van der Waals surface area contributed by atoms with Crippen LogP contribution >= 0.6 is 0 Å². The third-order valence-electron chi connectivity index (χ3n) is 6.45. The van der Waals surface area contributed by atoms with Gasteiger partial charge in [0.1, 0.15) is 23.0 Å². The van der Waals surface area contributed by atoms with Gasteiger partial charge in [-0.2, -0.15) is 0 Å². The number of ketones is 1. The van der Waals surface area contributed by atoms with E-state index in [2.05, 4.69) is 4.90 Å². The molecule has 4 rings (SSSR count). The summed E-state index contributed by atoms with van der Waals surface area (Å²) in [5.41, 5.74) is 0.946. The zero-order valence-corrected chi connectivity index (χ0v) is 20.9. The van der Waals surface area contributed by atoms with Crippen LogP contribution in [0.2, 0.25) is 0 Å². The van der Waals surface area contributed by atoms with Gasteiger partial charge in [-0.25, -0.2) is 0 Å². The summed E-state index contributed by atoms with van der Waals surface area (Å²) >= 11 is 0. The fourth-order valence-electron chi connectivity index (χ4n) is 4.62. The lowest BCUT2D eigenvalue weighted by Gasteiger charge is -2.31. The van der Waals surface area contributed by atoms with E-state index < -0.39 is 17.7 Å². The predicted molar refractivity (Wildman–Crippen MR) is 133 cm³/mol. The maximum Gasteiger partial charge on any atom is 0.295 e. The minimum atomic E-state index is -0.855. The van der Waals surface area contributed by atoms with E-state index in [-0.39, 0.29) is 11.3 Å². The number of methoxy groups -OCH3 is 2. The summed E-state index contributed by atoms with van der Waals surface area (Å²) in [7, 11) is 3.07. The van der Waals surface area contributed by atoms with Crippen molar-refractivity contribution in [2.75, 3.05) is 60.2 Å². The molecule has 2 aliphatic heterocycles. The van der Waals surface area contributed by atoms with Crippen LogP contribution in [0.3, 0.4) is 0 Å². The average molecular weight is 497 g/mol. The highest BCUT2D eigenvalue weighted by atomic mass is 16.5. The second kappa shape index (κ2) is 11.5. The fourth-order valence-corrected chi connectivity index (χ4v) is 4.62. The van der Waals surface area contributed by atoms with Gasteiger partial charge in [0.25, 0.3) is 11.7 Å². The van der Waals surface area contributed by atoms with Gasteiger partial charge in [-0.15, -0.1) is 0 Å². The molecule has 2 aromatic carbocycles. The molecule has 0 aromatic heterocycles. The number of nitrogens with zero attached hydrogens (tertiary/aromatic N) is 2. The van der Waals surface area contributed by atoms with E-state index in [1.807, 2.05) is 6.92 Å². The van der Waals surface area contributed by atoms with Gasteiger partial charge < -0.3 is 29.0 Å². The Morgan fingerprint density at radius 1 is 1.03 bits per heavy atom. The molecular weight excluding hydrogens is 464 g/mol. The molecule has 1 atom stereocenters. The first-order chi connectivity index (χ1) is 17.5. The molecule has 0 spiro atoms. The number of benzene rings is 2. The third kappa shape index (κ3) is 5.17. The van der Waals surface area contributed by atoms with Crippen LogP contribution in [0.4, 0.5) is 0 Å². The highest BCUT2D eigenvalue weighted by Crippen LogP contribution is 2.44. The number of hydrogen-bond donors (Lipinski definition) is 1. The quantitative estimate of drug-likeness (QED) is 0.322. The van der Waals surface area contributed by atoms with E-state index >= 15 is 0 Å². The number of morpholine rings is 1. The van der Waals surface area contributed by atoms with Crippen molar-refractivity contribution in [3.63, 3.8) is 0 Å². The van der Waals surface area contributed by atoms with Gasteiger partial charge >= 0.3 is 0 Å². The molecule has 1 unspecified atom stereocenters. The molecule has 0 aliphatic carbocycles. The Morgan fingerprint density at radius 3 is 2.50 bits per heavy atom. The van der Waals surface area contributed by atoms with Crippen LogP contribution in [0.15, 0.2) is 48.0 Å². The highest BCUT2D eigenvalue weighted by Gasteiger charge is 2.47. The van der Waals surface area contributed by atoms with Crippen LogP contribution in [0.25, 0.3) is 5.76 Å². The van der Waals surface area contributed by atoms with Gasteiger partial charge in [0, 0.05) is 37.3 Å². The van der Waals surface area contributed by atoms with Gasteiger partial charge in [-0.3, -0.25) is 14.5 Å². The summed E-state index contributed by atoms with van der Waals surface area (Å²) < 4.78 is 22.0. The van der Waals surface area contributed by atoms with Crippen LogP contribution in [-0.2, 0) is 14.3 Å². The van der Waals surface area contributed by atoms with Crippen molar-refractivity contribution in [1.82, 2.24) is 9.80 Å². The predicted octanol–water partition coefficient (Wildman–Crippen LogP) is 2.86. The number of aliphatic hydroxyl groups excluding tert-OH is 1. The van der Waals surface area contributed by atoms with Crippen molar-refractivity contribution in [3.8, 4) is 17.2 Å². The van der Waals surface area contributed by atoms with E-state index in [0.29, 0.717) is 61.3 Å². The summed E-state index contributed by atoms with van der Waals surface area (Å²) in [6, 6.07) is 11.2. The standard InChI is InChI=1S/C27H32N2O7/c1-4-36-20-7-5-6-18(16-20)25(30)23-24(21-17-19(33-2)8-9-22(21)34-3)29(27(32)26(23)31)11-10-28-12-14-35-15-13-28/h5-9,16-17,24,30H,4,10-15H2,1-3H3/b25-23+. The van der Waals surface area contributed by atoms with Crippen LogP contribution in [0, 0.1) is 0 Å². The number of Topliss-reactive ketones (excluding diaryl/α,β-unsaturated/α-hetero) is 1. The number of aliphatic hydroxyl groups is 1. The largest absolute Gasteiger partial charge is 0.507 e. The number of amides is 1. The van der Waals surface area contributed by atoms with Crippen molar-refractivity contribution in [2.24, 2.45) is 0 Å². The molecule has 0 saturated carbocycles. The maximum atomic E-state index is 13.4. The summed E-state index contributed by atoms with van der Waals surface area (Å²) in [5.74, 6) is -0.0972. The summed E-state index contributed by atoms with van der Waals surface area (Å²) in [6.45, 7) is 5.94. The average Bonchev–Trinajstić information content (AvgIpc) is 3.16. The first-order valence-electron chi connectivity index (χ1n) is 12.0. The Morgan fingerprint density at radius 2 is 1.81 bits per heavy atom. The highest BCUT2D eigenvalue weighted by molar-refractivity contribution is 6.46. The SMILES string of the molecule is CCOc1cccc(/C(O)=C2\C(=O)C(=O)N(CCN3CCOCC3)C2c2cc(OC)ccc2OC)c1. The Bertz CT molecular complexity index is 1140. The smallest absolute Gasteiger partial charge is 0.295 e. The minimum absolute atomic E-state index is 0.00202. The normalized spacial score (nSPS) is 20.0. The lowest BCUT2D eigenvalue weighted by atomic mass is 9.94. The molecule has 9 heteroatoms. The number of likely N-dealkylation sites (tertiary alicyclic amines) is 1. The van der Waals surface area contributed by atoms with Crippen molar-refractivity contribution in [1.29, 1.82) is 0 Å². The molecule has 2 fully saturated rings. The Balaban J connectivity index is 1.81. The molecule has 36 heavy (non-hydrogen) atoms. The van der Waals surface area contributed by atoms with E-state index in [1.165, 1.54) is 12.0 Å². The van der Waals surface area contributed by atoms with Gasteiger partial charge in [-0.05, 0) is 37.3 Å². The van der Waals surface area contributed by atoms with Gasteiger partial charge in [0.2, 0.25) is 0 Å². The molecule has 1 amide bonds. The van der Waals surface area contributed by atoms with E-state index in [9.17, 15) is 14.7 Å². The second-order valence-corrected chi connectivity index (χ2v) is 8.52. The lowest BCUT2D eigenvalue weighted by Crippen LogP contribution is -2.42. The van der Waals surface area contributed by atoms with Crippen molar-refractivity contribution < 1.29 is 33.6 Å². The molecule has 192 valence electrons. The van der Waals surface area contributed by atoms with Crippen LogP contribution < -0.4 is 14.2 Å². The van der Waals surface area contributed by atoms with Gasteiger partial charge in [0.05, 0.1) is 45.7 Å². The van der Waals surface area contributed by atoms with Gasteiger partial charge in [0.15, 0.2) is 0 Å². The minimum Gasteiger partial charge on any atom is -0.507 e. The zero-order valence-electron chi connectivity index (χ0n) is 20.9. The fraction of sp³-hybridized carbons (Fsp3) is 0.407. The van der Waals surface area contributed by atoms with E-state index in [1.54, 1.807) is 49.6 Å². The van der Waals surface area contributed by atoms with Gasteiger partial charge in [-0.1, -0.05) is 12.1 Å². The third-order valence-corrected chi connectivity index (χ3v) is 6.45. The first-order valence-corrected chi connectivity index (χ1v) is 12.0. The molecule has 0 bridgehead atoms. The Hall–Kier alpha value is -3.56. The Labute approximate surface area is 210 Å². The molecule has 9 nitrogen and oxygen atoms in total. The zero-order chi connectivity index (χ0) is 25.7. The van der Waals surface area contributed by atoms with E-state index in [4.69, 9.17) is 18.9 Å².